The van der Waals surface area contributed by atoms with E-state index in [1.807, 2.05) is 0 Å². The van der Waals surface area contributed by atoms with Crippen LogP contribution >= 0.6 is 0 Å². The van der Waals surface area contributed by atoms with Crippen molar-refractivity contribution in [3.8, 4) is 0 Å². The minimum atomic E-state index is -0.119. The van der Waals surface area contributed by atoms with E-state index in [2.05, 4.69) is 13.8 Å². The van der Waals surface area contributed by atoms with Gasteiger partial charge in [-0.15, -0.1) is 0 Å². The van der Waals surface area contributed by atoms with Crippen LogP contribution in [-0.4, -0.2) is 22.9 Å². The van der Waals surface area contributed by atoms with Crippen LogP contribution in [0.1, 0.15) is 90.9 Å². The minimum Gasteiger partial charge on any atom is -0.396 e. The molecule has 1 aliphatic rings. The highest BCUT2D eigenvalue weighted by Crippen LogP contribution is 2.32. The Balaban J connectivity index is 1.96. The van der Waals surface area contributed by atoms with Crippen molar-refractivity contribution in [2.45, 2.75) is 97.0 Å². The van der Waals surface area contributed by atoms with E-state index in [1.54, 1.807) is 0 Å². The molecule has 0 aliphatic heterocycles. The van der Waals surface area contributed by atoms with Crippen LogP contribution < -0.4 is 0 Å². The van der Waals surface area contributed by atoms with E-state index in [4.69, 9.17) is 5.11 Å². The second-order valence-corrected chi connectivity index (χ2v) is 7.46. The van der Waals surface area contributed by atoms with Crippen molar-refractivity contribution in [2.75, 3.05) is 6.61 Å². The zero-order valence-electron chi connectivity index (χ0n) is 14.4. The smallest absolute Gasteiger partial charge is 0.0540 e. The number of hydrogen-bond donors (Lipinski definition) is 2. The third kappa shape index (κ3) is 8.83. The van der Waals surface area contributed by atoms with Crippen molar-refractivity contribution in [2.24, 2.45) is 17.8 Å². The third-order valence-electron chi connectivity index (χ3n) is 5.43. The average molecular weight is 299 g/mol. The monoisotopic (exact) mass is 298 g/mol. The lowest BCUT2D eigenvalue weighted by atomic mass is 9.80. The first-order chi connectivity index (χ1) is 10.2. The Morgan fingerprint density at radius 1 is 1.05 bits per heavy atom. The highest BCUT2D eigenvalue weighted by Gasteiger charge is 2.18. The van der Waals surface area contributed by atoms with Gasteiger partial charge in [-0.2, -0.15) is 0 Å². The summed E-state index contributed by atoms with van der Waals surface area (Å²) in [7, 11) is 0. The maximum atomic E-state index is 10.0. The first kappa shape index (κ1) is 19.0. The molecule has 0 bridgehead atoms. The molecule has 126 valence electrons. The van der Waals surface area contributed by atoms with Crippen molar-refractivity contribution in [1.82, 2.24) is 0 Å². The van der Waals surface area contributed by atoms with Crippen LogP contribution in [0.3, 0.4) is 0 Å². The molecule has 0 aromatic rings. The summed E-state index contributed by atoms with van der Waals surface area (Å²) in [6.07, 6.45) is 14.5. The van der Waals surface area contributed by atoms with Crippen LogP contribution in [0.25, 0.3) is 0 Å². The Kier molecular flexibility index (Phi) is 10.4. The van der Waals surface area contributed by atoms with Gasteiger partial charge in [-0.05, 0) is 43.4 Å². The van der Waals surface area contributed by atoms with Gasteiger partial charge in [0.2, 0.25) is 0 Å². The molecule has 2 N–H and O–H groups in total. The summed E-state index contributed by atoms with van der Waals surface area (Å²) in [5.74, 6) is 2.33. The van der Waals surface area contributed by atoms with Gasteiger partial charge in [0.15, 0.2) is 0 Å². The van der Waals surface area contributed by atoms with Gasteiger partial charge in [-0.1, -0.05) is 65.2 Å². The normalized spacial score (nSPS) is 25.7. The van der Waals surface area contributed by atoms with E-state index in [0.717, 1.165) is 43.9 Å². The summed E-state index contributed by atoms with van der Waals surface area (Å²) in [6, 6.07) is 0. The van der Waals surface area contributed by atoms with Crippen LogP contribution in [0.15, 0.2) is 0 Å². The second kappa shape index (κ2) is 11.5. The fraction of sp³-hybridized carbons (Fsp3) is 1.00. The van der Waals surface area contributed by atoms with Gasteiger partial charge >= 0.3 is 0 Å². The molecule has 0 aromatic carbocycles. The molecule has 0 aromatic heterocycles. The van der Waals surface area contributed by atoms with Crippen molar-refractivity contribution in [1.29, 1.82) is 0 Å². The molecular weight excluding hydrogens is 260 g/mol. The summed E-state index contributed by atoms with van der Waals surface area (Å²) in [5.41, 5.74) is 0. The highest BCUT2D eigenvalue weighted by molar-refractivity contribution is 4.70. The van der Waals surface area contributed by atoms with E-state index >= 15 is 0 Å². The van der Waals surface area contributed by atoms with Gasteiger partial charge in [0.25, 0.3) is 0 Å². The van der Waals surface area contributed by atoms with Crippen molar-refractivity contribution in [3.05, 3.63) is 0 Å². The lowest BCUT2D eigenvalue weighted by molar-refractivity contribution is 0.139. The van der Waals surface area contributed by atoms with Crippen LogP contribution in [0.5, 0.6) is 0 Å². The molecular formula is C19H38O2. The Morgan fingerprint density at radius 3 is 2.48 bits per heavy atom. The molecule has 4 atom stereocenters. The molecule has 1 rings (SSSR count). The zero-order chi connectivity index (χ0) is 15.5. The maximum Gasteiger partial charge on any atom is 0.0540 e. The molecule has 2 nitrogen and oxygen atoms in total. The Hall–Kier alpha value is -0.0800. The topological polar surface area (TPSA) is 40.5 Å². The molecule has 1 aliphatic carbocycles. The molecule has 1 saturated carbocycles. The summed E-state index contributed by atoms with van der Waals surface area (Å²) in [4.78, 5) is 0. The fourth-order valence-electron chi connectivity index (χ4n) is 3.85. The first-order valence-electron chi connectivity index (χ1n) is 9.44. The summed E-state index contributed by atoms with van der Waals surface area (Å²) >= 11 is 0. The van der Waals surface area contributed by atoms with Crippen LogP contribution in [-0.2, 0) is 0 Å². The van der Waals surface area contributed by atoms with E-state index in [0.29, 0.717) is 12.5 Å². The fourth-order valence-corrected chi connectivity index (χ4v) is 3.85. The molecule has 2 heteroatoms. The predicted octanol–water partition coefficient (Wildman–Crippen LogP) is 4.92. The number of unbranched alkanes of at least 4 members (excludes halogenated alkanes) is 1. The Bertz CT molecular complexity index is 238. The standard InChI is InChI=1S/C19H38O2/c1-3-17(15-20)10-7-13-19(21)12-5-4-9-18-11-6-8-16(2)14-18/h16-21H,3-15H2,1-2H3/t16-,17?,18?,19-/m0/s1. The van der Waals surface area contributed by atoms with E-state index in [-0.39, 0.29) is 6.10 Å². The Labute approximate surface area is 132 Å². The zero-order valence-corrected chi connectivity index (χ0v) is 14.4. The first-order valence-corrected chi connectivity index (χ1v) is 9.44. The number of rotatable bonds is 11. The van der Waals surface area contributed by atoms with Gasteiger partial charge in [0, 0.05) is 6.61 Å². The van der Waals surface area contributed by atoms with Crippen LogP contribution in [0.4, 0.5) is 0 Å². The van der Waals surface area contributed by atoms with E-state index in [1.165, 1.54) is 44.9 Å². The Morgan fingerprint density at radius 2 is 1.81 bits per heavy atom. The summed E-state index contributed by atoms with van der Waals surface area (Å²) in [6.45, 7) is 4.82. The van der Waals surface area contributed by atoms with Gasteiger partial charge < -0.3 is 10.2 Å². The average Bonchev–Trinajstić information content (AvgIpc) is 2.48. The van der Waals surface area contributed by atoms with Crippen molar-refractivity contribution in [3.63, 3.8) is 0 Å². The van der Waals surface area contributed by atoms with Gasteiger partial charge in [0.05, 0.1) is 6.10 Å². The molecule has 0 spiro atoms. The molecule has 0 amide bonds. The number of hydrogen-bond acceptors (Lipinski definition) is 2. The maximum absolute atomic E-state index is 10.0. The highest BCUT2D eigenvalue weighted by atomic mass is 16.3. The van der Waals surface area contributed by atoms with E-state index in [9.17, 15) is 5.11 Å². The molecule has 1 fully saturated rings. The largest absolute Gasteiger partial charge is 0.396 e. The predicted molar refractivity (Wildman–Crippen MR) is 90.3 cm³/mol. The van der Waals surface area contributed by atoms with E-state index < -0.39 is 0 Å². The van der Waals surface area contributed by atoms with Crippen LogP contribution in [0.2, 0.25) is 0 Å². The number of aliphatic hydroxyl groups excluding tert-OH is 2. The summed E-state index contributed by atoms with van der Waals surface area (Å²) in [5, 5.41) is 19.2. The van der Waals surface area contributed by atoms with Gasteiger partial charge in [0.1, 0.15) is 0 Å². The molecule has 2 unspecified atom stereocenters. The second-order valence-electron chi connectivity index (χ2n) is 7.46. The molecule has 21 heavy (non-hydrogen) atoms. The summed E-state index contributed by atoms with van der Waals surface area (Å²) < 4.78 is 0. The third-order valence-corrected chi connectivity index (χ3v) is 5.43. The molecule has 0 saturated heterocycles. The SMILES string of the molecule is CCC(CO)CCC[C@@H](O)CCCCC1CCC[C@H](C)C1. The molecule has 0 heterocycles. The molecule has 0 radical (unpaired) electrons. The lowest BCUT2D eigenvalue weighted by Crippen LogP contribution is -2.13. The minimum absolute atomic E-state index is 0.119. The van der Waals surface area contributed by atoms with Gasteiger partial charge in [-0.3, -0.25) is 0 Å². The lowest BCUT2D eigenvalue weighted by Gasteiger charge is -2.26. The number of aliphatic hydroxyl groups is 2. The van der Waals surface area contributed by atoms with Crippen molar-refractivity contribution < 1.29 is 10.2 Å². The van der Waals surface area contributed by atoms with Gasteiger partial charge in [-0.25, -0.2) is 0 Å². The quantitative estimate of drug-likeness (QED) is 0.531. The van der Waals surface area contributed by atoms with Crippen LogP contribution in [0, 0.1) is 17.8 Å². The van der Waals surface area contributed by atoms with Crippen molar-refractivity contribution >= 4 is 0 Å².